The molecule has 0 aromatic rings. The van der Waals surface area contributed by atoms with Gasteiger partial charge in [0.2, 0.25) is 0 Å². The van der Waals surface area contributed by atoms with Crippen molar-refractivity contribution in [2.24, 2.45) is 0 Å². The fourth-order valence-electron chi connectivity index (χ4n) is 1.54. The largest absolute Gasteiger partial charge is 0.395 e. The van der Waals surface area contributed by atoms with Crippen LogP contribution < -0.4 is 0 Å². The van der Waals surface area contributed by atoms with Crippen LogP contribution in [0.4, 0.5) is 0 Å². The van der Waals surface area contributed by atoms with Gasteiger partial charge < -0.3 is 8.85 Å². The molecule has 14 heavy (non-hydrogen) atoms. The van der Waals surface area contributed by atoms with Crippen molar-refractivity contribution in [2.45, 2.75) is 52.0 Å². The van der Waals surface area contributed by atoms with Crippen LogP contribution in [0.5, 0.6) is 0 Å². The number of rotatable bonds is 8. The van der Waals surface area contributed by atoms with Gasteiger partial charge in [0, 0.05) is 22.0 Å². The summed E-state index contributed by atoms with van der Waals surface area (Å²) in [6, 6.07) is 0. The van der Waals surface area contributed by atoms with E-state index < -0.39 is 17.4 Å². The van der Waals surface area contributed by atoms with Crippen molar-refractivity contribution >= 4 is 17.4 Å². The molecule has 0 saturated carbocycles. The van der Waals surface area contributed by atoms with Gasteiger partial charge >= 0.3 is 8.56 Å². The van der Waals surface area contributed by atoms with E-state index in [1.54, 1.807) is 0 Å². The maximum Gasteiger partial charge on any atom is 0.331 e. The highest BCUT2D eigenvalue weighted by atomic mass is 28.4. The summed E-state index contributed by atoms with van der Waals surface area (Å²) in [6.45, 7) is 13.0. The Bertz CT molecular complexity index is 132. The van der Waals surface area contributed by atoms with Crippen LogP contribution in [0, 0.1) is 0 Å². The maximum atomic E-state index is 5.94. The van der Waals surface area contributed by atoms with Gasteiger partial charge in [-0.05, 0) is 25.1 Å². The van der Waals surface area contributed by atoms with Gasteiger partial charge in [-0.2, -0.15) is 0 Å². The second-order valence-corrected chi connectivity index (χ2v) is 11.7. The third kappa shape index (κ3) is 6.76. The standard InChI is InChI=1S/C10H26O2Si2/c1-6-8-11-14(5,10-13(3)4)12-9-7-2/h13H,6-10H2,1-5H3. The molecule has 2 nitrogen and oxygen atoms in total. The minimum atomic E-state index is -1.79. The Balaban J connectivity index is 4.03. The summed E-state index contributed by atoms with van der Waals surface area (Å²) in [5.41, 5.74) is 1.24. The Kier molecular flexibility index (Phi) is 7.81. The third-order valence-corrected chi connectivity index (χ3v) is 9.86. The summed E-state index contributed by atoms with van der Waals surface area (Å²) in [4.78, 5) is 0. The van der Waals surface area contributed by atoms with Gasteiger partial charge in [-0.15, -0.1) is 0 Å². The highest BCUT2D eigenvalue weighted by molar-refractivity contribution is 6.80. The zero-order chi connectivity index (χ0) is 11.0. The van der Waals surface area contributed by atoms with Crippen molar-refractivity contribution in [1.82, 2.24) is 0 Å². The first kappa shape index (κ1) is 14.4. The Hall–Kier alpha value is 0.354. The van der Waals surface area contributed by atoms with E-state index in [-0.39, 0.29) is 0 Å². The van der Waals surface area contributed by atoms with Gasteiger partial charge in [0.1, 0.15) is 0 Å². The lowest BCUT2D eigenvalue weighted by molar-refractivity contribution is 0.177. The predicted octanol–water partition coefficient (Wildman–Crippen LogP) is 2.94. The summed E-state index contributed by atoms with van der Waals surface area (Å²) in [6.07, 6.45) is 2.19. The maximum absolute atomic E-state index is 5.94. The van der Waals surface area contributed by atoms with E-state index >= 15 is 0 Å². The van der Waals surface area contributed by atoms with Crippen LogP contribution in [-0.4, -0.2) is 30.6 Å². The fraction of sp³-hybridized carbons (Fsp3) is 1.00. The minimum Gasteiger partial charge on any atom is -0.395 e. The summed E-state index contributed by atoms with van der Waals surface area (Å²) in [7, 11) is -2.36. The SMILES string of the molecule is CCCO[Si](C)(C[SiH](C)C)OCCC. The molecule has 0 aromatic heterocycles. The molecule has 0 radical (unpaired) electrons. The molecule has 0 aromatic carbocycles. The van der Waals surface area contributed by atoms with Crippen LogP contribution in [0.25, 0.3) is 0 Å². The fourth-order valence-corrected chi connectivity index (χ4v) is 9.77. The molecule has 0 amide bonds. The number of hydrogen-bond acceptors (Lipinski definition) is 2. The Labute approximate surface area is 91.9 Å². The quantitative estimate of drug-likeness (QED) is 0.601. The Morgan fingerprint density at radius 2 is 1.43 bits per heavy atom. The zero-order valence-corrected chi connectivity index (χ0v) is 12.6. The van der Waals surface area contributed by atoms with E-state index in [4.69, 9.17) is 8.85 Å². The molecule has 0 N–H and O–H groups in total. The van der Waals surface area contributed by atoms with E-state index in [2.05, 4.69) is 33.5 Å². The predicted molar refractivity (Wildman–Crippen MR) is 67.8 cm³/mol. The summed E-state index contributed by atoms with van der Waals surface area (Å²) in [5.74, 6) is 0. The van der Waals surface area contributed by atoms with Crippen LogP contribution >= 0.6 is 0 Å². The van der Waals surface area contributed by atoms with Gasteiger partial charge in [-0.3, -0.25) is 0 Å². The van der Waals surface area contributed by atoms with Gasteiger partial charge in [0.15, 0.2) is 0 Å². The first-order valence-electron chi connectivity index (χ1n) is 5.82. The molecular weight excluding hydrogens is 208 g/mol. The van der Waals surface area contributed by atoms with Crippen LogP contribution in [-0.2, 0) is 8.85 Å². The first-order valence-corrected chi connectivity index (χ1v) is 11.5. The zero-order valence-electron chi connectivity index (χ0n) is 10.4. The lowest BCUT2D eigenvalue weighted by Gasteiger charge is -2.28. The molecule has 4 heteroatoms. The summed E-state index contributed by atoms with van der Waals surface area (Å²) >= 11 is 0. The molecule has 0 bridgehead atoms. The second-order valence-electron chi connectivity index (χ2n) is 4.43. The van der Waals surface area contributed by atoms with Crippen molar-refractivity contribution in [3.05, 3.63) is 0 Å². The summed E-state index contributed by atoms with van der Waals surface area (Å²) < 4.78 is 11.9. The Morgan fingerprint density at radius 1 is 1.00 bits per heavy atom. The molecule has 0 aliphatic rings. The molecule has 0 aliphatic heterocycles. The van der Waals surface area contributed by atoms with E-state index in [9.17, 15) is 0 Å². The average Bonchev–Trinajstić information content (AvgIpc) is 2.11. The van der Waals surface area contributed by atoms with E-state index in [0.717, 1.165) is 26.1 Å². The van der Waals surface area contributed by atoms with E-state index in [1.165, 1.54) is 5.67 Å². The van der Waals surface area contributed by atoms with Crippen LogP contribution in [0.15, 0.2) is 0 Å². The molecule has 0 spiro atoms. The van der Waals surface area contributed by atoms with Crippen LogP contribution in [0.1, 0.15) is 26.7 Å². The van der Waals surface area contributed by atoms with Crippen LogP contribution in [0.3, 0.4) is 0 Å². The average molecular weight is 234 g/mol. The first-order chi connectivity index (χ1) is 6.54. The van der Waals surface area contributed by atoms with Gasteiger partial charge in [-0.25, -0.2) is 0 Å². The molecular formula is C10H26O2Si2. The molecule has 0 unspecified atom stereocenters. The van der Waals surface area contributed by atoms with Crippen molar-refractivity contribution in [3.8, 4) is 0 Å². The van der Waals surface area contributed by atoms with Crippen molar-refractivity contribution in [3.63, 3.8) is 0 Å². The number of hydrogen-bond donors (Lipinski definition) is 0. The molecule has 0 saturated heterocycles. The normalized spacial score (nSPS) is 12.4. The lowest BCUT2D eigenvalue weighted by Crippen LogP contribution is -2.42. The monoisotopic (exact) mass is 234 g/mol. The smallest absolute Gasteiger partial charge is 0.331 e. The molecule has 0 aliphatic carbocycles. The molecule has 0 heterocycles. The van der Waals surface area contributed by atoms with Crippen LogP contribution in [0.2, 0.25) is 25.3 Å². The van der Waals surface area contributed by atoms with Gasteiger partial charge in [0.25, 0.3) is 0 Å². The highest BCUT2D eigenvalue weighted by Gasteiger charge is 2.32. The van der Waals surface area contributed by atoms with Gasteiger partial charge in [-0.1, -0.05) is 26.9 Å². The molecule has 0 atom stereocenters. The molecule has 0 fully saturated rings. The Morgan fingerprint density at radius 3 is 1.71 bits per heavy atom. The highest BCUT2D eigenvalue weighted by Crippen LogP contribution is 2.16. The topological polar surface area (TPSA) is 18.5 Å². The minimum absolute atomic E-state index is 0.569. The second kappa shape index (κ2) is 7.62. The third-order valence-electron chi connectivity index (χ3n) is 2.00. The molecule has 0 rings (SSSR count). The lowest BCUT2D eigenvalue weighted by atomic mass is 10.5. The van der Waals surface area contributed by atoms with E-state index in [1.807, 2.05) is 0 Å². The van der Waals surface area contributed by atoms with Crippen molar-refractivity contribution < 1.29 is 8.85 Å². The molecule has 86 valence electrons. The van der Waals surface area contributed by atoms with E-state index in [0.29, 0.717) is 0 Å². The van der Waals surface area contributed by atoms with Gasteiger partial charge in [0.05, 0.1) is 0 Å². The van der Waals surface area contributed by atoms with Crippen molar-refractivity contribution in [1.29, 1.82) is 0 Å². The van der Waals surface area contributed by atoms with Crippen molar-refractivity contribution in [2.75, 3.05) is 13.2 Å². The summed E-state index contributed by atoms with van der Waals surface area (Å²) in [5, 5.41) is 0.